The van der Waals surface area contributed by atoms with E-state index in [0.717, 1.165) is 29.7 Å². The van der Waals surface area contributed by atoms with Crippen LogP contribution in [0.3, 0.4) is 0 Å². The van der Waals surface area contributed by atoms with E-state index in [0.29, 0.717) is 18.8 Å². The Morgan fingerprint density at radius 3 is 2.56 bits per heavy atom. The lowest BCUT2D eigenvalue weighted by atomic mass is 10.0. The summed E-state index contributed by atoms with van der Waals surface area (Å²) in [6.45, 7) is 3.20. The van der Waals surface area contributed by atoms with Gasteiger partial charge >= 0.3 is 5.91 Å². The quantitative estimate of drug-likeness (QED) is 0.522. The average Bonchev–Trinajstić information content (AvgIpc) is 3.16. The van der Waals surface area contributed by atoms with E-state index < -0.39 is 11.7 Å². The molecule has 3 aromatic rings. The van der Waals surface area contributed by atoms with Crippen molar-refractivity contribution in [2.75, 3.05) is 11.4 Å². The number of hydrogen-bond donors (Lipinski definition) is 0. The predicted molar refractivity (Wildman–Crippen MR) is 106 cm³/mol. The molecular weight excluding hydrogens is 336 g/mol. The summed E-state index contributed by atoms with van der Waals surface area (Å²) >= 11 is 0. The molecule has 0 unspecified atom stereocenters. The number of hydrogen-bond acceptors (Lipinski definition) is 2. The highest BCUT2D eigenvalue weighted by Crippen LogP contribution is 2.27. The van der Waals surface area contributed by atoms with E-state index in [2.05, 4.69) is 12.1 Å². The molecule has 2 heterocycles. The number of rotatable bonds is 4. The molecule has 1 aromatic heterocycles. The van der Waals surface area contributed by atoms with Crippen molar-refractivity contribution in [3.05, 3.63) is 89.2 Å². The minimum atomic E-state index is -0.455. The molecule has 0 bridgehead atoms. The van der Waals surface area contributed by atoms with E-state index in [-0.39, 0.29) is 0 Å². The van der Waals surface area contributed by atoms with Crippen molar-refractivity contribution in [3.8, 4) is 0 Å². The van der Waals surface area contributed by atoms with Gasteiger partial charge < -0.3 is 9.47 Å². The lowest BCUT2D eigenvalue weighted by molar-refractivity contribution is -0.114. The fourth-order valence-corrected chi connectivity index (χ4v) is 3.62. The largest absolute Gasteiger partial charge is 0.340 e. The van der Waals surface area contributed by atoms with Gasteiger partial charge in [-0.15, -0.1) is 0 Å². The summed E-state index contributed by atoms with van der Waals surface area (Å²) in [5, 5.41) is 0. The van der Waals surface area contributed by atoms with Gasteiger partial charge in [0.1, 0.15) is 0 Å². The second kappa shape index (κ2) is 7.23. The van der Waals surface area contributed by atoms with E-state index in [1.165, 1.54) is 5.56 Å². The number of amides is 1. The summed E-state index contributed by atoms with van der Waals surface area (Å²) in [6.07, 6.45) is 3.67. The Morgan fingerprint density at radius 2 is 1.74 bits per heavy atom. The SMILES string of the molecule is Cc1ccc(Cn2cccc2C(=O)C(=O)N2CCCc3ccccc32)cc1. The molecule has 0 atom stereocenters. The van der Waals surface area contributed by atoms with Crippen LogP contribution in [0.4, 0.5) is 5.69 Å². The second-order valence-electron chi connectivity index (χ2n) is 7.03. The number of para-hydroxylation sites is 1. The lowest BCUT2D eigenvalue weighted by Gasteiger charge is -2.28. The van der Waals surface area contributed by atoms with Crippen LogP contribution in [-0.4, -0.2) is 22.8 Å². The topological polar surface area (TPSA) is 42.3 Å². The number of anilines is 1. The van der Waals surface area contributed by atoms with E-state index in [9.17, 15) is 9.59 Å². The highest BCUT2D eigenvalue weighted by Gasteiger charge is 2.29. The standard InChI is InChI=1S/C23H22N2O2/c1-17-10-12-18(13-11-17)16-24-14-5-9-21(24)22(26)23(27)25-15-4-7-19-6-2-3-8-20(19)25/h2-3,5-6,8-14H,4,7,15-16H2,1H3. The third kappa shape index (κ3) is 3.43. The number of carbonyl (C=O) groups is 2. The summed E-state index contributed by atoms with van der Waals surface area (Å²) in [4.78, 5) is 27.6. The van der Waals surface area contributed by atoms with E-state index in [1.54, 1.807) is 11.0 Å². The van der Waals surface area contributed by atoms with E-state index >= 15 is 0 Å². The van der Waals surface area contributed by atoms with Gasteiger partial charge in [0, 0.05) is 25.0 Å². The number of ketones is 1. The van der Waals surface area contributed by atoms with E-state index in [1.807, 2.05) is 60.2 Å². The van der Waals surface area contributed by atoms with Crippen molar-refractivity contribution >= 4 is 17.4 Å². The van der Waals surface area contributed by atoms with Crippen LogP contribution in [0, 0.1) is 6.92 Å². The Balaban J connectivity index is 1.58. The van der Waals surface area contributed by atoms with Crippen LogP contribution in [0.2, 0.25) is 0 Å². The van der Waals surface area contributed by atoms with Gasteiger partial charge in [0.25, 0.3) is 5.78 Å². The summed E-state index contributed by atoms with van der Waals surface area (Å²) in [5.74, 6) is -0.908. The first-order chi connectivity index (χ1) is 13.1. The predicted octanol–water partition coefficient (Wildman–Crippen LogP) is 4.01. The van der Waals surface area contributed by atoms with Crippen LogP contribution in [0.15, 0.2) is 66.9 Å². The molecule has 4 heteroatoms. The van der Waals surface area contributed by atoms with Crippen molar-refractivity contribution in [1.82, 2.24) is 4.57 Å². The first-order valence-electron chi connectivity index (χ1n) is 9.28. The maximum Gasteiger partial charge on any atom is 0.300 e. The van der Waals surface area contributed by atoms with Gasteiger partial charge in [-0.2, -0.15) is 0 Å². The van der Waals surface area contributed by atoms with Gasteiger partial charge in [-0.1, -0.05) is 48.0 Å². The Kier molecular flexibility index (Phi) is 4.63. The summed E-state index contributed by atoms with van der Waals surface area (Å²) in [6, 6.07) is 19.6. The number of Topliss-reactive ketones (excluding diaryl/α,β-unsaturated/α-hetero) is 1. The van der Waals surface area contributed by atoms with Gasteiger partial charge in [-0.25, -0.2) is 0 Å². The zero-order chi connectivity index (χ0) is 18.8. The van der Waals surface area contributed by atoms with Gasteiger partial charge in [0.2, 0.25) is 0 Å². The van der Waals surface area contributed by atoms with Gasteiger partial charge in [-0.05, 0) is 49.1 Å². The molecule has 0 spiro atoms. The Bertz CT molecular complexity index is 986. The van der Waals surface area contributed by atoms with Crippen molar-refractivity contribution in [3.63, 3.8) is 0 Å². The van der Waals surface area contributed by atoms with Gasteiger partial charge in [-0.3, -0.25) is 9.59 Å². The van der Waals surface area contributed by atoms with Crippen LogP contribution in [0.1, 0.15) is 33.6 Å². The number of aryl methyl sites for hydroxylation is 2. The molecule has 4 nitrogen and oxygen atoms in total. The highest BCUT2D eigenvalue weighted by atomic mass is 16.2. The number of carbonyl (C=O) groups excluding carboxylic acids is 2. The van der Waals surface area contributed by atoms with Gasteiger partial charge in [0.15, 0.2) is 0 Å². The van der Waals surface area contributed by atoms with Crippen LogP contribution < -0.4 is 4.90 Å². The summed E-state index contributed by atoms with van der Waals surface area (Å²) in [5.41, 5.74) is 4.71. The number of nitrogens with zero attached hydrogens (tertiary/aromatic N) is 2. The molecule has 27 heavy (non-hydrogen) atoms. The number of aromatic nitrogens is 1. The van der Waals surface area contributed by atoms with E-state index in [4.69, 9.17) is 0 Å². The molecule has 0 fully saturated rings. The molecule has 1 amide bonds. The maximum atomic E-state index is 13.0. The van der Waals surface area contributed by atoms with Crippen LogP contribution >= 0.6 is 0 Å². The zero-order valence-electron chi connectivity index (χ0n) is 15.4. The maximum absolute atomic E-state index is 13.0. The first kappa shape index (κ1) is 17.3. The number of fused-ring (bicyclic) bond motifs is 1. The third-order valence-corrected chi connectivity index (χ3v) is 5.09. The van der Waals surface area contributed by atoms with Crippen molar-refractivity contribution < 1.29 is 9.59 Å². The fourth-order valence-electron chi connectivity index (χ4n) is 3.62. The molecule has 0 aliphatic carbocycles. The molecule has 136 valence electrons. The minimum absolute atomic E-state index is 0.434. The Morgan fingerprint density at radius 1 is 0.963 bits per heavy atom. The average molecular weight is 358 g/mol. The molecule has 4 rings (SSSR count). The van der Waals surface area contributed by atoms with Crippen molar-refractivity contribution in [1.29, 1.82) is 0 Å². The van der Waals surface area contributed by atoms with Crippen molar-refractivity contribution in [2.45, 2.75) is 26.3 Å². The first-order valence-corrected chi connectivity index (χ1v) is 9.28. The Hall–Kier alpha value is -3.14. The van der Waals surface area contributed by atoms with Crippen molar-refractivity contribution in [2.24, 2.45) is 0 Å². The smallest absolute Gasteiger partial charge is 0.300 e. The molecule has 0 radical (unpaired) electrons. The van der Waals surface area contributed by atoms with Gasteiger partial charge in [0.05, 0.1) is 5.69 Å². The molecule has 1 aliphatic rings. The Labute approximate surface area is 159 Å². The number of benzene rings is 2. The normalized spacial score (nSPS) is 13.3. The van der Waals surface area contributed by atoms with Crippen LogP contribution in [0.25, 0.3) is 0 Å². The third-order valence-electron chi connectivity index (χ3n) is 5.09. The molecule has 0 N–H and O–H groups in total. The van der Waals surface area contributed by atoms with Crippen LogP contribution in [0.5, 0.6) is 0 Å². The zero-order valence-corrected chi connectivity index (χ0v) is 15.4. The molecular formula is C23H22N2O2. The fraction of sp³-hybridized carbons (Fsp3) is 0.217. The molecule has 2 aromatic carbocycles. The van der Waals surface area contributed by atoms with Crippen LogP contribution in [-0.2, 0) is 17.8 Å². The lowest BCUT2D eigenvalue weighted by Crippen LogP contribution is -2.40. The molecule has 0 saturated carbocycles. The highest BCUT2D eigenvalue weighted by molar-refractivity contribution is 6.46. The monoisotopic (exact) mass is 358 g/mol. The summed E-state index contributed by atoms with van der Waals surface area (Å²) in [7, 11) is 0. The summed E-state index contributed by atoms with van der Waals surface area (Å²) < 4.78 is 1.85. The minimum Gasteiger partial charge on any atom is -0.340 e. The molecule has 0 saturated heterocycles. The second-order valence-corrected chi connectivity index (χ2v) is 7.03. The molecule has 1 aliphatic heterocycles.